The standard InChI is InChI=1S/C11H18O2/c1-3-4-5-9-8-11(2,13)7-6-10(9)12/h6-7,12-13H,3-5,8H2,1-2H3. The van der Waals surface area contributed by atoms with Gasteiger partial charge in [0.1, 0.15) is 5.76 Å². The molecule has 0 amide bonds. The highest BCUT2D eigenvalue weighted by atomic mass is 16.3. The first kappa shape index (κ1) is 10.3. The third-order valence-corrected chi connectivity index (χ3v) is 2.37. The fraction of sp³-hybridized carbons (Fsp3) is 0.636. The number of hydrogen-bond acceptors (Lipinski definition) is 2. The van der Waals surface area contributed by atoms with E-state index < -0.39 is 5.60 Å². The molecule has 2 N–H and O–H groups in total. The largest absolute Gasteiger partial charge is 0.508 e. The van der Waals surface area contributed by atoms with Crippen LogP contribution in [0.25, 0.3) is 0 Å². The molecular weight excluding hydrogens is 164 g/mol. The number of unbranched alkanes of at least 4 members (excludes halogenated alkanes) is 1. The average Bonchev–Trinajstić information content (AvgIpc) is 2.07. The van der Waals surface area contributed by atoms with Gasteiger partial charge in [0.05, 0.1) is 5.60 Å². The van der Waals surface area contributed by atoms with Gasteiger partial charge in [-0.05, 0) is 37.5 Å². The lowest BCUT2D eigenvalue weighted by atomic mass is 9.88. The second-order valence-electron chi connectivity index (χ2n) is 3.96. The van der Waals surface area contributed by atoms with E-state index in [2.05, 4.69) is 6.92 Å². The molecule has 1 aliphatic rings. The van der Waals surface area contributed by atoms with E-state index in [1.54, 1.807) is 19.1 Å². The summed E-state index contributed by atoms with van der Waals surface area (Å²) in [6, 6.07) is 0. The molecule has 0 aliphatic heterocycles. The van der Waals surface area contributed by atoms with Crippen LogP contribution >= 0.6 is 0 Å². The van der Waals surface area contributed by atoms with Crippen LogP contribution in [-0.2, 0) is 0 Å². The molecule has 0 aromatic carbocycles. The Balaban J connectivity index is 2.65. The molecule has 0 spiro atoms. The van der Waals surface area contributed by atoms with Crippen molar-refractivity contribution in [1.29, 1.82) is 0 Å². The molecular formula is C11H18O2. The number of aliphatic hydroxyl groups excluding tert-OH is 1. The summed E-state index contributed by atoms with van der Waals surface area (Å²) in [6.07, 6.45) is 6.90. The minimum absolute atomic E-state index is 0.347. The highest BCUT2D eigenvalue weighted by molar-refractivity contribution is 5.28. The third-order valence-electron chi connectivity index (χ3n) is 2.37. The zero-order valence-corrected chi connectivity index (χ0v) is 8.38. The molecule has 2 heteroatoms. The normalized spacial score (nSPS) is 28.2. The Kier molecular flexibility index (Phi) is 3.15. The van der Waals surface area contributed by atoms with Gasteiger partial charge in [-0.3, -0.25) is 0 Å². The summed E-state index contributed by atoms with van der Waals surface area (Å²) in [7, 11) is 0. The van der Waals surface area contributed by atoms with E-state index in [0.29, 0.717) is 12.2 Å². The van der Waals surface area contributed by atoms with E-state index in [9.17, 15) is 10.2 Å². The van der Waals surface area contributed by atoms with Gasteiger partial charge in [-0.1, -0.05) is 13.3 Å². The Morgan fingerprint density at radius 3 is 2.85 bits per heavy atom. The number of rotatable bonds is 3. The predicted octanol–water partition coefficient (Wildman–Crippen LogP) is 2.70. The quantitative estimate of drug-likeness (QED) is 0.704. The zero-order valence-electron chi connectivity index (χ0n) is 8.38. The van der Waals surface area contributed by atoms with E-state index in [0.717, 1.165) is 24.8 Å². The Labute approximate surface area is 79.6 Å². The van der Waals surface area contributed by atoms with Crippen molar-refractivity contribution in [3.63, 3.8) is 0 Å². The minimum Gasteiger partial charge on any atom is -0.508 e. The number of hydrogen-bond donors (Lipinski definition) is 2. The molecule has 0 heterocycles. The van der Waals surface area contributed by atoms with Gasteiger partial charge < -0.3 is 10.2 Å². The summed E-state index contributed by atoms with van der Waals surface area (Å²) in [4.78, 5) is 0. The minimum atomic E-state index is -0.769. The van der Waals surface area contributed by atoms with Crippen LogP contribution in [0.1, 0.15) is 39.5 Å². The van der Waals surface area contributed by atoms with Gasteiger partial charge in [0.15, 0.2) is 0 Å². The molecule has 74 valence electrons. The monoisotopic (exact) mass is 182 g/mol. The van der Waals surface area contributed by atoms with Gasteiger partial charge in [-0.15, -0.1) is 0 Å². The van der Waals surface area contributed by atoms with Crippen LogP contribution in [0.2, 0.25) is 0 Å². The maximum Gasteiger partial charge on any atom is 0.114 e. The smallest absolute Gasteiger partial charge is 0.114 e. The van der Waals surface area contributed by atoms with Crippen LogP contribution in [0.15, 0.2) is 23.5 Å². The summed E-state index contributed by atoms with van der Waals surface area (Å²) in [5.74, 6) is 0.347. The molecule has 13 heavy (non-hydrogen) atoms. The van der Waals surface area contributed by atoms with Crippen LogP contribution in [-0.4, -0.2) is 15.8 Å². The van der Waals surface area contributed by atoms with Gasteiger partial charge in [0.2, 0.25) is 0 Å². The molecule has 1 atom stereocenters. The Morgan fingerprint density at radius 2 is 2.23 bits per heavy atom. The van der Waals surface area contributed by atoms with Crippen LogP contribution < -0.4 is 0 Å². The summed E-state index contributed by atoms with van der Waals surface area (Å²) in [5, 5.41) is 19.2. The van der Waals surface area contributed by atoms with Crippen molar-refractivity contribution in [2.75, 3.05) is 0 Å². The summed E-state index contributed by atoms with van der Waals surface area (Å²) in [6.45, 7) is 3.89. The molecule has 0 saturated carbocycles. The first-order chi connectivity index (χ1) is 6.05. The lowest BCUT2D eigenvalue weighted by molar-refractivity contribution is 0.106. The topological polar surface area (TPSA) is 40.5 Å². The summed E-state index contributed by atoms with van der Waals surface area (Å²) >= 11 is 0. The van der Waals surface area contributed by atoms with E-state index >= 15 is 0 Å². The van der Waals surface area contributed by atoms with Gasteiger partial charge in [0.25, 0.3) is 0 Å². The van der Waals surface area contributed by atoms with Gasteiger partial charge in [0, 0.05) is 6.42 Å². The summed E-state index contributed by atoms with van der Waals surface area (Å²) in [5.41, 5.74) is 0.212. The van der Waals surface area contributed by atoms with Crippen molar-refractivity contribution >= 4 is 0 Å². The fourth-order valence-corrected chi connectivity index (χ4v) is 1.56. The zero-order chi connectivity index (χ0) is 9.90. The Morgan fingerprint density at radius 1 is 1.54 bits per heavy atom. The van der Waals surface area contributed by atoms with Gasteiger partial charge in [-0.25, -0.2) is 0 Å². The highest BCUT2D eigenvalue weighted by Crippen LogP contribution is 2.28. The van der Waals surface area contributed by atoms with Gasteiger partial charge >= 0.3 is 0 Å². The van der Waals surface area contributed by atoms with Crippen LogP contribution in [0.4, 0.5) is 0 Å². The maximum atomic E-state index is 9.73. The average molecular weight is 182 g/mol. The van der Waals surface area contributed by atoms with E-state index in [1.165, 1.54) is 0 Å². The Hall–Kier alpha value is -0.760. The maximum absolute atomic E-state index is 9.73. The number of aliphatic hydroxyl groups is 2. The lowest BCUT2D eigenvalue weighted by Gasteiger charge is -2.25. The predicted molar refractivity (Wildman–Crippen MR) is 53.6 cm³/mol. The molecule has 1 unspecified atom stereocenters. The first-order valence-electron chi connectivity index (χ1n) is 4.88. The first-order valence-corrected chi connectivity index (χ1v) is 4.88. The molecule has 0 aromatic heterocycles. The molecule has 0 radical (unpaired) electrons. The van der Waals surface area contributed by atoms with Crippen molar-refractivity contribution in [3.05, 3.63) is 23.5 Å². The van der Waals surface area contributed by atoms with E-state index in [4.69, 9.17) is 0 Å². The Bertz CT molecular complexity index is 236. The van der Waals surface area contributed by atoms with Crippen molar-refractivity contribution in [1.82, 2.24) is 0 Å². The molecule has 2 nitrogen and oxygen atoms in total. The van der Waals surface area contributed by atoms with Crippen LogP contribution in [0, 0.1) is 0 Å². The van der Waals surface area contributed by atoms with Crippen molar-refractivity contribution in [2.24, 2.45) is 0 Å². The van der Waals surface area contributed by atoms with E-state index in [1.807, 2.05) is 0 Å². The molecule has 0 bridgehead atoms. The lowest BCUT2D eigenvalue weighted by Crippen LogP contribution is -2.24. The van der Waals surface area contributed by atoms with E-state index in [-0.39, 0.29) is 0 Å². The molecule has 0 aromatic rings. The molecule has 1 rings (SSSR count). The summed E-state index contributed by atoms with van der Waals surface area (Å²) < 4.78 is 0. The molecule has 0 fully saturated rings. The van der Waals surface area contributed by atoms with Crippen LogP contribution in [0.5, 0.6) is 0 Å². The second kappa shape index (κ2) is 3.97. The van der Waals surface area contributed by atoms with Crippen molar-refractivity contribution in [2.45, 2.75) is 45.1 Å². The third kappa shape index (κ3) is 2.88. The SMILES string of the molecule is CCCCC1=C(O)C=CC(C)(O)C1. The van der Waals surface area contributed by atoms with Crippen LogP contribution in [0.3, 0.4) is 0 Å². The number of allylic oxidation sites excluding steroid dienone is 1. The van der Waals surface area contributed by atoms with Crippen molar-refractivity contribution < 1.29 is 10.2 Å². The fourth-order valence-electron chi connectivity index (χ4n) is 1.56. The molecule has 0 saturated heterocycles. The second-order valence-corrected chi connectivity index (χ2v) is 3.96. The molecule has 1 aliphatic carbocycles. The van der Waals surface area contributed by atoms with Gasteiger partial charge in [-0.2, -0.15) is 0 Å². The highest BCUT2D eigenvalue weighted by Gasteiger charge is 2.23. The van der Waals surface area contributed by atoms with Crippen molar-refractivity contribution in [3.8, 4) is 0 Å².